The topological polar surface area (TPSA) is 17.1 Å². The van der Waals surface area contributed by atoms with E-state index in [1.807, 2.05) is 6.92 Å². The van der Waals surface area contributed by atoms with Crippen LogP contribution in [0.3, 0.4) is 0 Å². The van der Waals surface area contributed by atoms with Gasteiger partial charge >= 0.3 is 6.18 Å². The molecule has 0 fully saturated rings. The van der Waals surface area contributed by atoms with Crippen molar-refractivity contribution in [3.63, 3.8) is 0 Å². The Morgan fingerprint density at radius 2 is 1.88 bits per heavy atom. The number of hydrogen-bond donors (Lipinski definition) is 0. The molecule has 0 N–H and O–H groups in total. The van der Waals surface area contributed by atoms with Gasteiger partial charge in [0.2, 0.25) is 0 Å². The summed E-state index contributed by atoms with van der Waals surface area (Å²) in [5.41, 5.74) is 0.254. The van der Waals surface area contributed by atoms with Crippen LogP contribution in [0.25, 0.3) is 0 Å². The largest absolute Gasteiger partial charge is 0.393 e. The molecule has 1 aromatic carbocycles. The summed E-state index contributed by atoms with van der Waals surface area (Å²) in [6.45, 7) is 3.57. The van der Waals surface area contributed by atoms with Crippen molar-refractivity contribution in [2.75, 3.05) is 0 Å². The molecule has 1 atom stereocenters. The smallest absolute Gasteiger partial charge is 0.294 e. The standard InChI is InChI=1S/C13H15F3O/c1-3-9(2)12(17)11-7-5-4-6-10(11)8-13(14,15)16/h4-7,9H,3,8H2,1-2H3. The van der Waals surface area contributed by atoms with E-state index in [1.54, 1.807) is 13.0 Å². The van der Waals surface area contributed by atoms with Crippen molar-refractivity contribution in [1.29, 1.82) is 0 Å². The highest BCUT2D eigenvalue weighted by molar-refractivity contribution is 5.98. The summed E-state index contributed by atoms with van der Waals surface area (Å²) in [6.07, 6.45) is -4.71. The van der Waals surface area contributed by atoms with Crippen LogP contribution < -0.4 is 0 Å². The Morgan fingerprint density at radius 1 is 1.29 bits per heavy atom. The van der Waals surface area contributed by atoms with Crippen LogP contribution in [0.2, 0.25) is 0 Å². The first-order valence-electron chi connectivity index (χ1n) is 5.54. The average molecular weight is 244 g/mol. The molecule has 0 aliphatic rings. The van der Waals surface area contributed by atoms with E-state index in [0.717, 1.165) is 0 Å². The van der Waals surface area contributed by atoms with Gasteiger partial charge in [0, 0.05) is 11.5 Å². The third-order valence-corrected chi connectivity index (χ3v) is 2.73. The fourth-order valence-corrected chi connectivity index (χ4v) is 1.58. The summed E-state index contributed by atoms with van der Waals surface area (Å²) in [5.74, 6) is -0.461. The van der Waals surface area contributed by atoms with E-state index in [2.05, 4.69) is 0 Å². The Bertz CT molecular complexity index is 396. The fourth-order valence-electron chi connectivity index (χ4n) is 1.58. The molecule has 17 heavy (non-hydrogen) atoms. The minimum Gasteiger partial charge on any atom is -0.294 e. The van der Waals surface area contributed by atoms with E-state index in [0.29, 0.717) is 6.42 Å². The predicted molar refractivity (Wildman–Crippen MR) is 60.0 cm³/mol. The molecule has 0 saturated carbocycles. The SMILES string of the molecule is CCC(C)C(=O)c1ccccc1CC(F)(F)F. The van der Waals surface area contributed by atoms with Gasteiger partial charge in [0.15, 0.2) is 5.78 Å². The van der Waals surface area contributed by atoms with Gasteiger partial charge in [0.05, 0.1) is 6.42 Å². The molecular formula is C13H15F3O. The predicted octanol–water partition coefficient (Wildman–Crippen LogP) is 4.02. The van der Waals surface area contributed by atoms with Crippen LogP contribution in [0, 0.1) is 5.92 Å². The molecular weight excluding hydrogens is 229 g/mol. The van der Waals surface area contributed by atoms with Gasteiger partial charge in [-0.1, -0.05) is 38.1 Å². The molecule has 1 unspecified atom stereocenters. The van der Waals surface area contributed by atoms with Crippen LogP contribution in [0.1, 0.15) is 36.2 Å². The number of rotatable bonds is 4. The Hall–Kier alpha value is -1.32. The molecule has 0 aliphatic heterocycles. The number of carbonyl (C=O) groups excluding carboxylic acids is 1. The van der Waals surface area contributed by atoms with Crippen LogP contribution in [0.4, 0.5) is 13.2 Å². The summed E-state index contributed by atoms with van der Waals surface area (Å²) in [6, 6.07) is 5.95. The molecule has 0 heterocycles. The Balaban J connectivity index is 3.04. The van der Waals surface area contributed by atoms with Gasteiger partial charge in [0.25, 0.3) is 0 Å². The normalized spacial score (nSPS) is 13.5. The lowest BCUT2D eigenvalue weighted by atomic mass is 9.92. The number of carbonyl (C=O) groups is 1. The van der Waals surface area contributed by atoms with Crippen molar-refractivity contribution in [2.45, 2.75) is 32.9 Å². The Kier molecular flexibility index (Phi) is 4.32. The highest BCUT2D eigenvalue weighted by Crippen LogP contribution is 2.25. The van der Waals surface area contributed by atoms with E-state index in [1.165, 1.54) is 18.2 Å². The van der Waals surface area contributed by atoms with Crippen LogP contribution in [0.5, 0.6) is 0 Å². The quantitative estimate of drug-likeness (QED) is 0.731. The van der Waals surface area contributed by atoms with Crippen LogP contribution in [-0.2, 0) is 6.42 Å². The van der Waals surface area contributed by atoms with E-state index < -0.39 is 12.6 Å². The van der Waals surface area contributed by atoms with Crippen LogP contribution >= 0.6 is 0 Å². The van der Waals surface area contributed by atoms with Gasteiger partial charge in [-0.05, 0) is 12.0 Å². The van der Waals surface area contributed by atoms with Crippen molar-refractivity contribution in [3.8, 4) is 0 Å². The molecule has 1 nitrogen and oxygen atoms in total. The van der Waals surface area contributed by atoms with Gasteiger partial charge in [0.1, 0.15) is 0 Å². The highest BCUT2D eigenvalue weighted by Gasteiger charge is 2.30. The lowest BCUT2D eigenvalue weighted by Crippen LogP contribution is -2.17. The summed E-state index contributed by atoms with van der Waals surface area (Å²) in [4.78, 5) is 11.9. The lowest BCUT2D eigenvalue weighted by molar-refractivity contribution is -0.127. The zero-order valence-corrected chi connectivity index (χ0v) is 9.84. The monoisotopic (exact) mass is 244 g/mol. The van der Waals surface area contributed by atoms with E-state index in [-0.39, 0.29) is 22.8 Å². The summed E-state index contributed by atoms with van der Waals surface area (Å²) in [7, 11) is 0. The fraction of sp³-hybridized carbons (Fsp3) is 0.462. The molecule has 0 aromatic heterocycles. The number of Topliss-reactive ketones (excluding diaryl/α,β-unsaturated/α-hetero) is 1. The summed E-state index contributed by atoms with van der Waals surface area (Å²) in [5, 5.41) is 0. The van der Waals surface area contributed by atoms with Crippen molar-refractivity contribution < 1.29 is 18.0 Å². The molecule has 0 radical (unpaired) electrons. The van der Waals surface area contributed by atoms with E-state index >= 15 is 0 Å². The lowest BCUT2D eigenvalue weighted by Gasteiger charge is -2.13. The zero-order chi connectivity index (χ0) is 13.1. The summed E-state index contributed by atoms with van der Waals surface area (Å²) < 4.78 is 37.1. The Labute approximate surface area is 98.6 Å². The van der Waals surface area contributed by atoms with Crippen molar-refractivity contribution >= 4 is 5.78 Å². The number of ketones is 1. The van der Waals surface area contributed by atoms with E-state index in [9.17, 15) is 18.0 Å². The third-order valence-electron chi connectivity index (χ3n) is 2.73. The second kappa shape index (κ2) is 5.34. The number of benzene rings is 1. The maximum Gasteiger partial charge on any atom is 0.393 e. The second-order valence-corrected chi connectivity index (χ2v) is 4.12. The van der Waals surface area contributed by atoms with Crippen molar-refractivity contribution in [2.24, 2.45) is 5.92 Å². The van der Waals surface area contributed by atoms with Crippen LogP contribution in [0.15, 0.2) is 24.3 Å². The number of halogens is 3. The molecule has 0 aliphatic carbocycles. The third kappa shape index (κ3) is 3.88. The first-order chi connectivity index (χ1) is 7.85. The van der Waals surface area contributed by atoms with Gasteiger partial charge in [-0.2, -0.15) is 13.2 Å². The second-order valence-electron chi connectivity index (χ2n) is 4.12. The molecule has 94 valence electrons. The van der Waals surface area contributed by atoms with E-state index in [4.69, 9.17) is 0 Å². The van der Waals surface area contributed by atoms with Gasteiger partial charge in [-0.25, -0.2) is 0 Å². The first-order valence-corrected chi connectivity index (χ1v) is 5.54. The van der Waals surface area contributed by atoms with Gasteiger partial charge in [-0.15, -0.1) is 0 Å². The molecule has 1 rings (SSSR count). The van der Waals surface area contributed by atoms with Crippen LogP contribution in [-0.4, -0.2) is 12.0 Å². The van der Waals surface area contributed by atoms with Crippen molar-refractivity contribution in [1.82, 2.24) is 0 Å². The minimum atomic E-state index is -4.29. The highest BCUT2D eigenvalue weighted by atomic mass is 19.4. The molecule has 1 aromatic rings. The van der Waals surface area contributed by atoms with Gasteiger partial charge in [-0.3, -0.25) is 4.79 Å². The molecule has 0 spiro atoms. The molecule has 0 amide bonds. The summed E-state index contributed by atoms with van der Waals surface area (Å²) >= 11 is 0. The minimum absolute atomic E-state index is 0.0605. The van der Waals surface area contributed by atoms with Crippen molar-refractivity contribution in [3.05, 3.63) is 35.4 Å². The van der Waals surface area contributed by atoms with Gasteiger partial charge < -0.3 is 0 Å². The number of hydrogen-bond acceptors (Lipinski definition) is 1. The molecule has 0 saturated heterocycles. The maximum absolute atomic E-state index is 12.4. The zero-order valence-electron chi connectivity index (χ0n) is 9.84. The number of alkyl halides is 3. The molecule has 0 bridgehead atoms. The molecule has 4 heteroatoms. The first kappa shape index (κ1) is 13.7. The maximum atomic E-state index is 12.4. The Morgan fingerprint density at radius 3 is 2.41 bits per heavy atom. The average Bonchev–Trinajstić information content (AvgIpc) is 2.25.